The molecule has 0 bridgehead atoms. The number of carbonyl (C=O) groups excluding carboxylic acids is 2. The monoisotopic (exact) mass is 460 g/mol. The molecule has 4 rings (SSSR count). The molecular formula is C28H32N2O4. The van der Waals surface area contributed by atoms with E-state index in [-0.39, 0.29) is 17.9 Å². The molecule has 2 amide bonds. The van der Waals surface area contributed by atoms with Crippen molar-refractivity contribution in [3.63, 3.8) is 0 Å². The molecule has 0 spiro atoms. The fraction of sp³-hybridized carbons (Fsp3) is 0.357. The molecule has 3 aromatic rings. The van der Waals surface area contributed by atoms with Crippen LogP contribution in [0.15, 0.2) is 65.3 Å². The van der Waals surface area contributed by atoms with Crippen molar-refractivity contribution in [1.29, 1.82) is 0 Å². The minimum Gasteiger partial charge on any atom is -0.481 e. The van der Waals surface area contributed by atoms with Gasteiger partial charge in [-0.1, -0.05) is 49.7 Å². The molecule has 0 radical (unpaired) electrons. The predicted molar refractivity (Wildman–Crippen MR) is 130 cm³/mol. The summed E-state index contributed by atoms with van der Waals surface area (Å²) in [6.07, 6.45) is 2.75. The van der Waals surface area contributed by atoms with Gasteiger partial charge in [-0.25, -0.2) is 0 Å². The molecule has 6 heteroatoms. The standard InChI is InChI=1S/C28H32N2O4/c1-4-25(28(32)29-18-23-7-6-16-33-23)34-22-13-12-20-14-15-30(26(31)5-2)27(24(20)17-22)21-10-8-19(3)9-11-21/h6-13,16-17,25,27H,4-5,14-15,18H2,1-3H3,(H,29,32)/t25-,27+/m1/s1. The zero-order chi connectivity index (χ0) is 24.1. The fourth-order valence-electron chi connectivity index (χ4n) is 4.43. The van der Waals surface area contributed by atoms with Crippen LogP contribution in [0.1, 0.15) is 60.7 Å². The Kier molecular flexibility index (Phi) is 7.36. The molecule has 0 saturated carbocycles. The Morgan fingerprint density at radius 1 is 1.15 bits per heavy atom. The molecule has 2 atom stereocenters. The van der Waals surface area contributed by atoms with Gasteiger partial charge in [0.25, 0.3) is 5.91 Å². The second-order valence-electron chi connectivity index (χ2n) is 8.68. The summed E-state index contributed by atoms with van der Waals surface area (Å²) < 4.78 is 11.4. The van der Waals surface area contributed by atoms with E-state index in [9.17, 15) is 9.59 Å². The lowest BCUT2D eigenvalue weighted by Crippen LogP contribution is -2.40. The summed E-state index contributed by atoms with van der Waals surface area (Å²) in [5.41, 5.74) is 4.51. The molecule has 0 unspecified atom stereocenters. The van der Waals surface area contributed by atoms with E-state index in [1.807, 2.05) is 36.9 Å². The van der Waals surface area contributed by atoms with Crippen molar-refractivity contribution in [1.82, 2.24) is 10.2 Å². The van der Waals surface area contributed by atoms with E-state index in [1.54, 1.807) is 12.3 Å². The molecule has 178 valence electrons. The Labute approximate surface area is 200 Å². The van der Waals surface area contributed by atoms with Gasteiger partial charge >= 0.3 is 0 Å². The van der Waals surface area contributed by atoms with Crippen LogP contribution in [0.5, 0.6) is 5.75 Å². The number of hydrogen-bond acceptors (Lipinski definition) is 4. The predicted octanol–water partition coefficient (Wildman–Crippen LogP) is 4.95. The van der Waals surface area contributed by atoms with Gasteiger partial charge in [0.15, 0.2) is 6.10 Å². The first-order chi connectivity index (χ1) is 16.5. The average Bonchev–Trinajstić information content (AvgIpc) is 3.39. The number of nitrogens with zero attached hydrogens (tertiary/aromatic N) is 1. The summed E-state index contributed by atoms with van der Waals surface area (Å²) >= 11 is 0. The van der Waals surface area contributed by atoms with Gasteiger partial charge in [-0.3, -0.25) is 9.59 Å². The lowest BCUT2D eigenvalue weighted by molar-refractivity contribution is -0.133. The molecule has 1 aromatic heterocycles. The molecule has 1 aliphatic heterocycles. The molecule has 2 aromatic carbocycles. The SMILES string of the molecule is CCC(=O)N1CCc2ccc(O[C@H](CC)C(=O)NCc3ccco3)cc2[C@@H]1c1ccc(C)cc1. The van der Waals surface area contributed by atoms with Gasteiger partial charge < -0.3 is 19.4 Å². The van der Waals surface area contributed by atoms with Crippen LogP contribution in [0.3, 0.4) is 0 Å². The van der Waals surface area contributed by atoms with Crippen molar-refractivity contribution in [2.24, 2.45) is 0 Å². The van der Waals surface area contributed by atoms with Crippen molar-refractivity contribution < 1.29 is 18.7 Å². The van der Waals surface area contributed by atoms with Gasteiger partial charge in [0, 0.05) is 13.0 Å². The maximum atomic E-state index is 12.8. The number of nitrogens with one attached hydrogen (secondary N) is 1. The van der Waals surface area contributed by atoms with Crippen LogP contribution in [0.25, 0.3) is 0 Å². The summed E-state index contributed by atoms with van der Waals surface area (Å²) in [6, 6.07) is 17.8. The zero-order valence-corrected chi connectivity index (χ0v) is 20.0. The molecule has 0 aliphatic carbocycles. The van der Waals surface area contributed by atoms with Gasteiger partial charge in [0.05, 0.1) is 18.8 Å². The molecule has 34 heavy (non-hydrogen) atoms. The first-order valence-electron chi connectivity index (χ1n) is 12.0. The first-order valence-corrected chi connectivity index (χ1v) is 12.0. The van der Waals surface area contributed by atoms with Crippen molar-refractivity contribution in [2.75, 3.05) is 6.54 Å². The largest absolute Gasteiger partial charge is 0.481 e. The van der Waals surface area contributed by atoms with Crippen molar-refractivity contribution in [3.8, 4) is 5.75 Å². The Morgan fingerprint density at radius 3 is 2.62 bits per heavy atom. The average molecular weight is 461 g/mol. The number of carbonyl (C=O) groups is 2. The van der Waals surface area contributed by atoms with Crippen molar-refractivity contribution >= 4 is 11.8 Å². The smallest absolute Gasteiger partial charge is 0.261 e. The van der Waals surface area contributed by atoms with Gasteiger partial charge in [0.2, 0.25) is 5.91 Å². The number of hydrogen-bond donors (Lipinski definition) is 1. The highest BCUT2D eigenvalue weighted by Gasteiger charge is 2.32. The summed E-state index contributed by atoms with van der Waals surface area (Å²) in [5.74, 6) is 1.26. The minimum atomic E-state index is -0.622. The highest BCUT2D eigenvalue weighted by Crippen LogP contribution is 2.37. The van der Waals surface area contributed by atoms with Crippen LogP contribution < -0.4 is 10.1 Å². The van der Waals surface area contributed by atoms with Gasteiger partial charge in [0.1, 0.15) is 11.5 Å². The van der Waals surface area contributed by atoms with E-state index in [1.165, 1.54) is 11.1 Å². The number of aryl methyl sites for hydroxylation is 1. The van der Waals surface area contributed by atoms with Crippen LogP contribution in [0.4, 0.5) is 0 Å². The summed E-state index contributed by atoms with van der Waals surface area (Å²) in [5, 5.41) is 2.88. The normalized spacial score (nSPS) is 16.0. The Hall–Kier alpha value is -3.54. The van der Waals surface area contributed by atoms with Crippen molar-refractivity contribution in [2.45, 2.75) is 58.7 Å². The van der Waals surface area contributed by atoms with Crippen molar-refractivity contribution in [3.05, 3.63) is 88.9 Å². The maximum Gasteiger partial charge on any atom is 0.261 e. The van der Waals surface area contributed by atoms with Crippen LogP contribution in [-0.4, -0.2) is 29.4 Å². The Morgan fingerprint density at radius 2 is 1.94 bits per heavy atom. The second-order valence-corrected chi connectivity index (χ2v) is 8.68. The third-order valence-corrected chi connectivity index (χ3v) is 6.32. The van der Waals surface area contributed by atoms with E-state index in [0.29, 0.717) is 37.4 Å². The zero-order valence-electron chi connectivity index (χ0n) is 20.0. The van der Waals surface area contributed by atoms with E-state index in [4.69, 9.17) is 9.15 Å². The minimum absolute atomic E-state index is 0.131. The van der Waals surface area contributed by atoms with Crippen LogP contribution in [0.2, 0.25) is 0 Å². The lowest BCUT2D eigenvalue weighted by Gasteiger charge is -2.38. The molecule has 1 N–H and O–H groups in total. The molecular weight excluding hydrogens is 428 g/mol. The van der Waals surface area contributed by atoms with E-state index in [0.717, 1.165) is 17.5 Å². The molecule has 6 nitrogen and oxygen atoms in total. The topological polar surface area (TPSA) is 71.8 Å². The van der Waals surface area contributed by atoms with E-state index >= 15 is 0 Å². The van der Waals surface area contributed by atoms with Gasteiger partial charge in [-0.2, -0.15) is 0 Å². The number of rotatable bonds is 8. The summed E-state index contributed by atoms with van der Waals surface area (Å²) in [6.45, 7) is 6.88. The highest BCUT2D eigenvalue weighted by molar-refractivity contribution is 5.81. The Balaban J connectivity index is 1.59. The third kappa shape index (κ3) is 5.16. The summed E-state index contributed by atoms with van der Waals surface area (Å²) in [7, 11) is 0. The second kappa shape index (κ2) is 10.6. The van der Waals surface area contributed by atoms with Crippen LogP contribution >= 0.6 is 0 Å². The molecule has 0 saturated heterocycles. The number of furan rings is 1. The lowest BCUT2D eigenvalue weighted by atomic mass is 9.87. The van der Waals surface area contributed by atoms with Crippen LogP contribution in [0, 0.1) is 6.92 Å². The van der Waals surface area contributed by atoms with E-state index < -0.39 is 6.10 Å². The quantitative estimate of drug-likeness (QED) is 0.517. The first kappa shape index (κ1) is 23.6. The fourth-order valence-corrected chi connectivity index (χ4v) is 4.43. The number of fused-ring (bicyclic) bond motifs is 1. The number of amides is 2. The summed E-state index contributed by atoms with van der Waals surface area (Å²) in [4.78, 5) is 27.5. The maximum absolute atomic E-state index is 12.8. The molecule has 2 heterocycles. The van der Waals surface area contributed by atoms with Gasteiger partial charge in [-0.15, -0.1) is 0 Å². The highest BCUT2D eigenvalue weighted by atomic mass is 16.5. The molecule has 1 aliphatic rings. The van der Waals surface area contributed by atoms with Crippen LogP contribution in [-0.2, 0) is 22.6 Å². The van der Waals surface area contributed by atoms with E-state index in [2.05, 4.69) is 42.6 Å². The number of benzene rings is 2. The van der Waals surface area contributed by atoms with Gasteiger partial charge in [-0.05, 0) is 60.7 Å². The molecule has 0 fully saturated rings. The number of ether oxygens (including phenoxy) is 1. The third-order valence-electron chi connectivity index (χ3n) is 6.32. The Bertz CT molecular complexity index is 1120.